The van der Waals surface area contributed by atoms with Gasteiger partial charge in [-0.1, -0.05) is 12.1 Å². The number of hydrogen-bond acceptors (Lipinski definition) is 3. The average Bonchev–Trinajstić information content (AvgIpc) is 3.03. The summed E-state index contributed by atoms with van der Waals surface area (Å²) in [5, 5.41) is 0. The Bertz CT molecular complexity index is 941. The van der Waals surface area contributed by atoms with Gasteiger partial charge in [0.15, 0.2) is 0 Å². The number of amides is 3. The lowest BCUT2D eigenvalue weighted by atomic mass is 10.1. The highest BCUT2D eigenvalue weighted by molar-refractivity contribution is 6.01. The Morgan fingerprint density at radius 1 is 1.04 bits per heavy atom. The van der Waals surface area contributed by atoms with Crippen molar-refractivity contribution in [3.63, 3.8) is 0 Å². The van der Waals surface area contributed by atoms with Gasteiger partial charge in [-0.15, -0.1) is 0 Å². The van der Waals surface area contributed by atoms with Crippen LogP contribution in [-0.4, -0.2) is 24.3 Å². The maximum absolute atomic E-state index is 13.6. The van der Waals surface area contributed by atoms with Gasteiger partial charge >= 0.3 is 0 Å². The summed E-state index contributed by atoms with van der Waals surface area (Å²) in [5.41, 5.74) is 6.16. The summed E-state index contributed by atoms with van der Waals surface area (Å²) in [6, 6.07) is 8.59. The lowest BCUT2D eigenvalue weighted by Crippen LogP contribution is -2.45. The molecule has 6 nitrogen and oxygen atoms in total. The van der Waals surface area contributed by atoms with Crippen molar-refractivity contribution in [3.05, 3.63) is 64.7 Å². The van der Waals surface area contributed by atoms with Gasteiger partial charge in [0, 0.05) is 18.7 Å². The number of rotatable bonds is 3. The van der Waals surface area contributed by atoms with E-state index in [1.54, 1.807) is 0 Å². The number of hydrazine groups is 1. The maximum Gasteiger partial charge on any atom is 0.275 e. The Morgan fingerprint density at radius 3 is 2.36 bits per heavy atom. The van der Waals surface area contributed by atoms with Crippen molar-refractivity contribution >= 4 is 23.4 Å². The van der Waals surface area contributed by atoms with Crippen LogP contribution in [0.3, 0.4) is 0 Å². The van der Waals surface area contributed by atoms with E-state index in [-0.39, 0.29) is 18.9 Å². The first-order chi connectivity index (χ1) is 13.3. The van der Waals surface area contributed by atoms with E-state index in [0.29, 0.717) is 5.69 Å². The maximum atomic E-state index is 13.6. The number of anilines is 1. The number of hydrogen-bond donors (Lipinski definition) is 2. The third-order valence-corrected chi connectivity index (χ3v) is 4.79. The minimum atomic E-state index is -1.11. The number of nitrogens with zero attached hydrogens (tertiary/aromatic N) is 1. The summed E-state index contributed by atoms with van der Waals surface area (Å²) >= 11 is 0. The predicted molar refractivity (Wildman–Crippen MR) is 98.3 cm³/mol. The minimum absolute atomic E-state index is 0.0251. The Labute approximate surface area is 160 Å². The molecule has 1 saturated heterocycles. The molecule has 1 heterocycles. The van der Waals surface area contributed by atoms with Crippen LogP contribution in [0.4, 0.5) is 14.5 Å². The quantitative estimate of drug-likeness (QED) is 0.794. The molecule has 1 fully saturated rings. The molecule has 3 rings (SSSR count). The fraction of sp³-hybridized carbons (Fsp3) is 0.250. The number of benzene rings is 2. The normalized spacial score (nSPS) is 16.2. The molecule has 0 aromatic heterocycles. The van der Waals surface area contributed by atoms with Crippen LogP contribution >= 0.6 is 0 Å². The van der Waals surface area contributed by atoms with Crippen molar-refractivity contribution in [2.24, 2.45) is 5.92 Å². The van der Waals surface area contributed by atoms with Gasteiger partial charge < -0.3 is 4.90 Å². The fourth-order valence-electron chi connectivity index (χ4n) is 3.02. The highest BCUT2D eigenvalue weighted by Gasteiger charge is 2.35. The Kier molecular flexibility index (Phi) is 5.39. The summed E-state index contributed by atoms with van der Waals surface area (Å²) < 4.78 is 27.2. The van der Waals surface area contributed by atoms with Gasteiger partial charge in [-0.3, -0.25) is 25.2 Å². The lowest BCUT2D eigenvalue weighted by molar-refractivity contribution is -0.126. The van der Waals surface area contributed by atoms with Crippen molar-refractivity contribution in [2.75, 3.05) is 11.4 Å². The van der Waals surface area contributed by atoms with Crippen LogP contribution in [-0.2, 0) is 9.59 Å². The zero-order chi connectivity index (χ0) is 20.4. The van der Waals surface area contributed by atoms with Crippen LogP contribution in [0.5, 0.6) is 0 Å². The molecule has 2 aromatic carbocycles. The van der Waals surface area contributed by atoms with Crippen LogP contribution < -0.4 is 15.8 Å². The Hall–Kier alpha value is -3.29. The summed E-state index contributed by atoms with van der Waals surface area (Å²) in [6.45, 7) is 4.04. The molecule has 8 heteroatoms. The highest BCUT2D eigenvalue weighted by Crippen LogP contribution is 2.26. The van der Waals surface area contributed by atoms with Gasteiger partial charge in [0.1, 0.15) is 17.2 Å². The molecule has 0 unspecified atom stereocenters. The van der Waals surface area contributed by atoms with E-state index >= 15 is 0 Å². The summed E-state index contributed by atoms with van der Waals surface area (Å²) in [4.78, 5) is 38.0. The fourth-order valence-corrected chi connectivity index (χ4v) is 3.02. The van der Waals surface area contributed by atoms with E-state index in [1.807, 2.05) is 37.5 Å². The molecule has 0 radical (unpaired) electrons. The number of aryl methyl sites for hydroxylation is 2. The molecule has 0 bridgehead atoms. The number of carbonyl (C=O) groups is 3. The first-order valence-corrected chi connectivity index (χ1v) is 8.69. The summed E-state index contributed by atoms with van der Waals surface area (Å²) in [6.07, 6.45) is -0.0251. The first-order valence-electron chi connectivity index (χ1n) is 8.69. The molecule has 1 aliphatic heterocycles. The molecule has 3 amide bonds. The van der Waals surface area contributed by atoms with Crippen molar-refractivity contribution in [1.29, 1.82) is 0 Å². The van der Waals surface area contributed by atoms with Crippen LogP contribution in [0, 0.1) is 31.4 Å². The molecule has 146 valence electrons. The molecule has 1 aliphatic rings. The third kappa shape index (κ3) is 3.85. The molecule has 0 saturated carbocycles. The van der Waals surface area contributed by atoms with Crippen molar-refractivity contribution < 1.29 is 23.2 Å². The van der Waals surface area contributed by atoms with E-state index < -0.39 is 34.9 Å². The van der Waals surface area contributed by atoms with Gasteiger partial charge in [-0.25, -0.2) is 8.78 Å². The molecule has 1 atom stereocenters. The van der Waals surface area contributed by atoms with Gasteiger partial charge in [-0.2, -0.15) is 0 Å². The average molecular weight is 387 g/mol. The first kappa shape index (κ1) is 19.5. The summed E-state index contributed by atoms with van der Waals surface area (Å²) in [5.74, 6) is -4.70. The van der Waals surface area contributed by atoms with Crippen LogP contribution in [0.25, 0.3) is 0 Å². The SMILES string of the molecule is Cc1ccc(N2C[C@H](C(=O)NNC(=O)c3c(F)cccc3F)CC2=O)cc1C. The van der Waals surface area contributed by atoms with Gasteiger partial charge in [0.25, 0.3) is 5.91 Å². The van der Waals surface area contributed by atoms with Crippen molar-refractivity contribution in [2.45, 2.75) is 20.3 Å². The van der Waals surface area contributed by atoms with Crippen molar-refractivity contribution in [1.82, 2.24) is 10.9 Å². The molecule has 28 heavy (non-hydrogen) atoms. The number of nitrogens with one attached hydrogen (secondary N) is 2. The molecular weight excluding hydrogens is 368 g/mol. The van der Waals surface area contributed by atoms with Gasteiger partial charge in [0.05, 0.1) is 5.92 Å². The zero-order valence-corrected chi connectivity index (χ0v) is 15.4. The molecule has 0 aliphatic carbocycles. The zero-order valence-electron chi connectivity index (χ0n) is 15.4. The van der Waals surface area contributed by atoms with Crippen molar-refractivity contribution in [3.8, 4) is 0 Å². The van der Waals surface area contributed by atoms with Crippen LogP contribution in [0.15, 0.2) is 36.4 Å². The Balaban J connectivity index is 1.63. The lowest BCUT2D eigenvalue weighted by Gasteiger charge is -2.18. The van der Waals surface area contributed by atoms with Gasteiger partial charge in [0.2, 0.25) is 11.8 Å². The smallest absolute Gasteiger partial charge is 0.275 e. The van der Waals surface area contributed by atoms with E-state index in [4.69, 9.17) is 0 Å². The van der Waals surface area contributed by atoms with Crippen LogP contribution in [0.2, 0.25) is 0 Å². The van der Waals surface area contributed by atoms with Crippen LogP contribution in [0.1, 0.15) is 27.9 Å². The third-order valence-electron chi connectivity index (χ3n) is 4.79. The van der Waals surface area contributed by atoms with E-state index in [9.17, 15) is 23.2 Å². The van der Waals surface area contributed by atoms with E-state index in [1.165, 1.54) is 4.90 Å². The van der Waals surface area contributed by atoms with E-state index in [2.05, 4.69) is 5.43 Å². The topological polar surface area (TPSA) is 78.5 Å². The number of carbonyl (C=O) groups excluding carboxylic acids is 3. The second kappa shape index (κ2) is 7.75. The monoisotopic (exact) mass is 387 g/mol. The molecular formula is C20H19F2N3O3. The predicted octanol–water partition coefficient (Wildman–Crippen LogP) is 2.40. The van der Waals surface area contributed by atoms with Gasteiger partial charge in [-0.05, 0) is 49.2 Å². The number of halogens is 2. The minimum Gasteiger partial charge on any atom is -0.312 e. The highest BCUT2D eigenvalue weighted by atomic mass is 19.1. The summed E-state index contributed by atoms with van der Waals surface area (Å²) in [7, 11) is 0. The largest absolute Gasteiger partial charge is 0.312 e. The molecule has 2 aromatic rings. The second-order valence-corrected chi connectivity index (χ2v) is 6.71. The second-order valence-electron chi connectivity index (χ2n) is 6.71. The van der Waals surface area contributed by atoms with E-state index in [0.717, 1.165) is 29.3 Å². The molecule has 2 N–H and O–H groups in total. The Morgan fingerprint density at radius 2 is 1.71 bits per heavy atom. The molecule has 0 spiro atoms. The standard InChI is InChI=1S/C20H19F2N3O3/c1-11-6-7-14(8-12(11)2)25-10-13(9-17(25)26)19(27)23-24-20(28)18-15(21)4-3-5-16(18)22/h3-8,13H,9-10H2,1-2H3,(H,23,27)(H,24,28)/t13-/m1/s1.